The van der Waals surface area contributed by atoms with Gasteiger partial charge in [-0.3, -0.25) is 4.79 Å². The van der Waals surface area contributed by atoms with E-state index in [1.54, 1.807) is 6.07 Å². The molecule has 118 valence electrons. The Hall–Kier alpha value is -1.34. The zero-order chi connectivity index (χ0) is 16.7. The lowest BCUT2D eigenvalue weighted by molar-refractivity contribution is -0.137. The molecule has 1 aliphatic heterocycles. The number of benzene rings is 1. The smallest absolute Gasteiger partial charge is 0.307 e. The first-order chi connectivity index (χ1) is 9.98. The van der Waals surface area contributed by atoms with Gasteiger partial charge in [-0.1, -0.05) is 56.9 Å². The van der Waals surface area contributed by atoms with Crippen LogP contribution in [0.25, 0.3) is 6.08 Å². The van der Waals surface area contributed by atoms with E-state index in [1.807, 2.05) is 20.8 Å². The number of carbonyl (C=O) groups excluding carboxylic acids is 1. The number of rotatable bonds is 1. The van der Waals surface area contributed by atoms with Crippen molar-refractivity contribution < 1.29 is 18.0 Å². The highest BCUT2D eigenvalue weighted by atomic mass is 32.2. The molecule has 0 aromatic heterocycles. The summed E-state index contributed by atoms with van der Waals surface area (Å²) in [4.78, 5) is 11.8. The molecular weight excluding hydrogens is 331 g/mol. The summed E-state index contributed by atoms with van der Waals surface area (Å²) < 4.78 is 40.2. The van der Waals surface area contributed by atoms with E-state index in [2.05, 4.69) is 5.32 Å². The molecular formula is C15H14F3NOS2. The second kappa shape index (κ2) is 5.70. The Labute approximate surface area is 136 Å². The molecule has 1 fully saturated rings. The third kappa shape index (κ3) is 3.70. The van der Waals surface area contributed by atoms with Crippen LogP contribution in [0.2, 0.25) is 0 Å². The number of alkyl halides is 3. The van der Waals surface area contributed by atoms with Gasteiger partial charge in [-0.25, -0.2) is 0 Å². The molecule has 2 rings (SSSR count). The van der Waals surface area contributed by atoms with Gasteiger partial charge in [0, 0.05) is 0 Å². The summed E-state index contributed by atoms with van der Waals surface area (Å²) in [6.45, 7) is 5.54. The predicted octanol–water partition coefficient (Wildman–Crippen LogP) is 4.49. The highest BCUT2D eigenvalue weighted by molar-refractivity contribution is 8.26. The number of hydrogen-bond donors (Lipinski definition) is 1. The maximum atomic E-state index is 13.3. The predicted molar refractivity (Wildman–Crippen MR) is 86.5 cm³/mol. The van der Waals surface area contributed by atoms with Gasteiger partial charge in [-0.2, -0.15) is 13.2 Å². The van der Waals surface area contributed by atoms with Crippen molar-refractivity contribution >= 4 is 40.3 Å². The first-order valence-electron chi connectivity index (χ1n) is 6.45. The summed E-state index contributed by atoms with van der Waals surface area (Å²) in [7, 11) is 0. The van der Waals surface area contributed by atoms with Crippen LogP contribution >= 0.6 is 24.0 Å². The standard InChI is InChI=1S/C15H14F3NOS2/c1-14(2,3)9-5-4-8(10(7-9)15(16,17)18)6-11-12(20)19-13(21)22-11/h4-7H,1-3H3,(H,19,20,21). The molecule has 0 bridgehead atoms. The fourth-order valence-electron chi connectivity index (χ4n) is 1.96. The zero-order valence-corrected chi connectivity index (χ0v) is 13.8. The van der Waals surface area contributed by atoms with E-state index in [4.69, 9.17) is 12.2 Å². The average molecular weight is 345 g/mol. The highest BCUT2D eigenvalue weighted by Gasteiger charge is 2.34. The molecule has 1 aliphatic rings. The first-order valence-corrected chi connectivity index (χ1v) is 7.67. The van der Waals surface area contributed by atoms with E-state index in [0.29, 0.717) is 5.56 Å². The number of carbonyl (C=O) groups is 1. The molecule has 22 heavy (non-hydrogen) atoms. The van der Waals surface area contributed by atoms with Gasteiger partial charge in [-0.05, 0) is 28.7 Å². The van der Waals surface area contributed by atoms with Crippen LogP contribution in [0, 0.1) is 0 Å². The second-order valence-corrected chi connectivity index (χ2v) is 7.62. The molecule has 0 radical (unpaired) electrons. The van der Waals surface area contributed by atoms with Gasteiger partial charge < -0.3 is 5.32 Å². The largest absolute Gasteiger partial charge is 0.416 e. The fraction of sp³-hybridized carbons (Fsp3) is 0.333. The molecule has 2 nitrogen and oxygen atoms in total. The van der Waals surface area contributed by atoms with Gasteiger partial charge in [-0.15, -0.1) is 0 Å². The van der Waals surface area contributed by atoms with Crippen LogP contribution in [0.15, 0.2) is 23.1 Å². The van der Waals surface area contributed by atoms with Gasteiger partial charge in [0.25, 0.3) is 5.91 Å². The Balaban J connectivity index is 2.55. The maximum absolute atomic E-state index is 13.3. The SMILES string of the molecule is CC(C)(C)c1ccc(C=C2SC(=S)NC2=O)c(C(F)(F)F)c1. The summed E-state index contributed by atoms with van der Waals surface area (Å²) in [5.74, 6) is -0.469. The van der Waals surface area contributed by atoms with E-state index in [9.17, 15) is 18.0 Å². The van der Waals surface area contributed by atoms with Crippen molar-refractivity contribution in [2.45, 2.75) is 32.4 Å². The summed E-state index contributed by atoms with van der Waals surface area (Å²) in [6.07, 6.45) is -3.26. The van der Waals surface area contributed by atoms with Crippen LogP contribution in [0.3, 0.4) is 0 Å². The third-order valence-corrected chi connectivity index (χ3v) is 4.32. The molecule has 0 aliphatic carbocycles. The third-order valence-electron chi connectivity index (χ3n) is 3.15. The van der Waals surface area contributed by atoms with Gasteiger partial charge in [0.1, 0.15) is 4.32 Å². The lowest BCUT2D eigenvalue weighted by Crippen LogP contribution is -2.18. The number of amides is 1. The van der Waals surface area contributed by atoms with Crippen molar-refractivity contribution in [2.75, 3.05) is 0 Å². The van der Waals surface area contributed by atoms with Crippen molar-refractivity contribution in [2.24, 2.45) is 0 Å². The normalized spacial score (nSPS) is 18.0. The Bertz CT molecular complexity index is 672. The van der Waals surface area contributed by atoms with Gasteiger partial charge in [0.2, 0.25) is 0 Å². The molecule has 1 N–H and O–H groups in total. The molecule has 0 saturated carbocycles. The molecule has 1 saturated heterocycles. The van der Waals surface area contributed by atoms with E-state index in [1.165, 1.54) is 12.1 Å². The lowest BCUT2D eigenvalue weighted by Gasteiger charge is -2.21. The summed E-state index contributed by atoms with van der Waals surface area (Å²) in [5.41, 5.74) is -0.602. The first kappa shape index (κ1) is 17.0. The van der Waals surface area contributed by atoms with Gasteiger partial charge in [0.15, 0.2) is 0 Å². The van der Waals surface area contributed by atoms with Crippen LogP contribution in [0.1, 0.15) is 37.5 Å². The average Bonchev–Trinajstić information content (AvgIpc) is 2.65. The minimum atomic E-state index is -4.49. The zero-order valence-electron chi connectivity index (χ0n) is 12.2. The number of hydrogen-bond acceptors (Lipinski definition) is 3. The lowest BCUT2D eigenvalue weighted by atomic mass is 9.85. The van der Waals surface area contributed by atoms with E-state index >= 15 is 0 Å². The summed E-state index contributed by atoms with van der Waals surface area (Å²) >= 11 is 5.80. The fourth-order valence-corrected chi connectivity index (χ4v) is 2.99. The van der Waals surface area contributed by atoms with E-state index in [0.717, 1.165) is 17.8 Å². The summed E-state index contributed by atoms with van der Waals surface area (Å²) in [6, 6.07) is 4.19. The van der Waals surface area contributed by atoms with Crippen molar-refractivity contribution in [1.29, 1.82) is 0 Å². The Kier molecular flexibility index (Phi) is 4.41. The number of thiocarbonyl (C=S) groups is 1. The molecule has 7 heteroatoms. The second-order valence-electron chi connectivity index (χ2n) is 5.90. The monoisotopic (exact) mass is 345 g/mol. The van der Waals surface area contributed by atoms with Gasteiger partial charge in [0.05, 0.1) is 10.5 Å². The molecule has 1 aromatic carbocycles. The molecule has 1 aromatic rings. The number of thioether (sulfide) groups is 1. The van der Waals surface area contributed by atoms with E-state index < -0.39 is 23.1 Å². The van der Waals surface area contributed by atoms with Crippen LogP contribution in [-0.2, 0) is 16.4 Å². The quantitative estimate of drug-likeness (QED) is 0.600. The topological polar surface area (TPSA) is 29.1 Å². The van der Waals surface area contributed by atoms with Crippen molar-refractivity contribution in [1.82, 2.24) is 5.32 Å². The van der Waals surface area contributed by atoms with Gasteiger partial charge >= 0.3 is 6.18 Å². The van der Waals surface area contributed by atoms with Crippen LogP contribution < -0.4 is 5.32 Å². The minimum absolute atomic E-state index is 0.0390. The number of halogens is 3. The molecule has 0 unspecified atom stereocenters. The van der Waals surface area contributed by atoms with Crippen LogP contribution in [0.4, 0.5) is 13.2 Å². The van der Waals surface area contributed by atoms with Crippen LogP contribution in [-0.4, -0.2) is 10.2 Å². The molecule has 1 amide bonds. The Morgan fingerprint density at radius 1 is 1.23 bits per heavy atom. The Morgan fingerprint density at radius 2 is 1.86 bits per heavy atom. The molecule has 1 heterocycles. The molecule has 0 atom stereocenters. The van der Waals surface area contributed by atoms with Crippen molar-refractivity contribution in [3.63, 3.8) is 0 Å². The minimum Gasteiger partial charge on any atom is -0.307 e. The van der Waals surface area contributed by atoms with Crippen LogP contribution in [0.5, 0.6) is 0 Å². The number of nitrogens with one attached hydrogen (secondary N) is 1. The highest BCUT2D eigenvalue weighted by Crippen LogP contribution is 2.37. The van der Waals surface area contributed by atoms with E-state index in [-0.39, 0.29) is 14.8 Å². The Morgan fingerprint density at radius 3 is 2.32 bits per heavy atom. The summed E-state index contributed by atoms with van der Waals surface area (Å²) in [5, 5.41) is 2.39. The maximum Gasteiger partial charge on any atom is 0.416 e. The molecule has 0 spiro atoms. The van der Waals surface area contributed by atoms with Crippen molar-refractivity contribution in [3.05, 3.63) is 39.8 Å². The van der Waals surface area contributed by atoms with Crippen molar-refractivity contribution in [3.8, 4) is 0 Å².